The third-order valence-electron chi connectivity index (χ3n) is 3.66. The largest absolute Gasteiger partial charge is 0.493 e. The van der Waals surface area contributed by atoms with Crippen LogP contribution in [0.5, 0.6) is 5.75 Å². The second kappa shape index (κ2) is 5.26. The molecule has 0 bridgehead atoms. The van der Waals surface area contributed by atoms with Gasteiger partial charge in [0.05, 0.1) is 23.4 Å². The zero-order chi connectivity index (χ0) is 14.1. The molecule has 0 saturated carbocycles. The van der Waals surface area contributed by atoms with Gasteiger partial charge in [0.15, 0.2) is 0 Å². The van der Waals surface area contributed by atoms with Crippen molar-refractivity contribution in [1.29, 1.82) is 0 Å². The first kappa shape index (κ1) is 12.5. The molecule has 3 aromatic rings. The van der Waals surface area contributed by atoms with E-state index in [0.717, 1.165) is 36.7 Å². The second-order valence-electron chi connectivity index (χ2n) is 5.02. The third-order valence-corrected chi connectivity index (χ3v) is 4.55. The molecular formula is C16H15N3OS. The summed E-state index contributed by atoms with van der Waals surface area (Å²) < 4.78 is 5.53. The van der Waals surface area contributed by atoms with Gasteiger partial charge in [-0.25, -0.2) is 0 Å². The maximum atomic E-state index is 5.53. The van der Waals surface area contributed by atoms with Crippen molar-refractivity contribution in [3.63, 3.8) is 0 Å². The third kappa shape index (κ3) is 2.40. The number of H-pyrrole nitrogens is 1. The summed E-state index contributed by atoms with van der Waals surface area (Å²) in [5.74, 6) is 1.02. The lowest BCUT2D eigenvalue weighted by Crippen LogP contribution is -1.99. The number of nitrogens with zero attached hydrogens (tertiary/aromatic N) is 1. The molecule has 2 N–H and O–H groups in total. The van der Waals surface area contributed by atoms with E-state index in [1.165, 1.54) is 16.0 Å². The summed E-state index contributed by atoms with van der Waals surface area (Å²) in [7, 11) is 0. The molecule has 0 aliphatic carbocycles. The standard InChI is InChI=1S/C16H15N3OS/c1-2-15(21-7-1)16-12(10-18-19-16)9-17-13-3-4-14-11(8-13)5-6-20-14/h1-4,7-8,10,17H,5-6,9H2,(H,18,19). The Morgan fingerprint density at radius 2 is 2.33 bits per heavy atom. The van der Waals surface area contributed by atoms with Gasteiger partial charge in [0.2, 0.25) is 0 Å². The summed E-state index contributed by atoms with van der Waals surface area (Å²) in [6.45, 7) is 1.55. The van der Waals surface area contributed by atoms with E-state index in [1.807, 2.05) is 12.3 Å². The number of aromatic nitrogens is 2. The summed E-state index contributed by atoms with van der Waals surface area (Å²) in [4.78, 5) is 1.21. The molecule has 0 fully saturated rings. The lowest BCUT2D eigenvalue weighted by atomic mass is 10.1. The van der Waals surface area contributed by atoms with Crippen LogP contribution in [-0.4, -0.2) is 16.8 Å². The first-order chi connectivity index (χ1) is 10.4. The number of aromatic amines is 1. The van der Waals surface area contributed by atoms with E-state index in [-0.39, 0.29) is 0 Å². The number of nitrogens with one attached hydrogen (secondary N) is 2. The zero-order valence-electron chi connectivity index (χ0n) is 11.4. The molecule has 1 aliphatic rings. The van der Waals surface area contributed by atoms with Gasteiger partial charge in [0.25, 0.3) is 0 Å². The smallest absolute Gasteiger partial charge is 0.122 e. The van der Waals surface area contributed by atoms with E-state index >= 15 is 0 Å². The zero-order valence-corrected chi connectivity index (χ0v) is 12.2. The highest BCUT2D eigenvalue weighted by Gasteiger charge is 2.12. The topological polar surface area (TPSA) is 49.9 Å². The molecule has 106 valence electrons. The quantitative estimate of drug-likeness (QED) is 0.772. The van der Waals surface area contributed by atoms with Crippen molar-refractivity contribution in [1.82, 2.24) is 10.2 Å². The second-order valence-corrected chi connectivity index (χ2v) is 5.97. The van der Waals surface area contributed by atoms with Crippen LogP contribution in [0.15, 0.2) is 41.9 Å². The normalized spacial score (nSPS) is 13.0. The van der Waals surface area contributed by atoms with Crippen molar-refractivity contribution < 1.29 is 4.74 Å². The summed E-state index contributed by atoms with van der Waals surface area (Å²) in [5, 5.41) is 12.8. The first-order valence-electron chi connectivity index (χ1n) is 6.96. The Labute approximate surface area is 126 Å². The van der Waals surface area contributed by atoms with Gasteiger partial charge in [0, 0.05) is 24.2 Å². The van der Waals surface area contributed by atoms with Crippen LogP contribution in [0.3, 0.4) is 0 Å². The summed E-state index contributed by atoms with van der Waals surface area (Å²) in [5.41, 5.74) is 4.68. The maximum Gasteiger partial charge on any atom is 0.122 e. The number of fused-ring (bicyclic) bond motifs is 1. The molecular weight excluding hydrogens is 282 g/mol. The SMILES string of the molecule is c1csc(-c2[nH]ncc2CNc2ccc3c(c2)CCO3)c1. The predicted octanol–water partition coefficient (Wildman–Crippen LogP) is 3.69. The van der Waals surface area contributed by atoms with E-state index in [9.17, 15) is 0 Å². The molecule has 0 amide bonds. The van der Waals surface area contributed by atoms with Crippen molar-refractivity contribution in [2.75, 3.05) is 11.9 Å². The van der Waals surface area contributed by atoms with E-state index in [4.69, 9.17) is 4.74 Å². The number of hydrogen-bond acceptors (Lipinski definition) is 4. The van der Waals surface area contributed by atoms with E-state index in [0.29, 0.717) is 0 Å². The van der Waals surface area contributed by atoms with Gasteiger partial charge < -0.3 is 10.1 Å². The van der Waals surface area contributed by atoms with Crippen molar-refractivity contribution in [3.05, 3.63) is 53.0 Å². The minimum Gasteiger partial charge on any atom is -0.493 e. The van der Waals surface area contributed by atoms with Gasteiger partial charge in [-0.1, -0.05) is 6.07 Å². The number of ether oxygens (including phenoxy) is 1. The summed E-state index contributed by atoms with van der Waals surface area (Å²) >= 11 is 1.72. The van der Waals surface area contributed by atoms with E-state index in [1.54, 1.807) is 11.3 Å². The molecule has 0 unspecified atom stereocenters. The predicted molar refractivity (Wildman–Crippen MR) is 84.9 cm³/mol. The van der Waals surface area contributed by atoms with Crippen molar-refractivity contribution in [3.8, 4) is 16.3 Å². The molecule has 0 radical (unpaired) electrons. The molecule has 21 heavy (non-hydrogen) atoms. The van der Waals surface area contributed by atoms with Crippen LogP contribution in [0.2, 0.25) is 0 Å². The molecule has 1 aromatic carbocycles. The molecule has 3 heterocycles. The van der Waals surface area contributed by atoms with E-state index < -0.39 is 0 Å². The average molecular weight is 297 g/mol. The Balaban J connectivity index is 1.51. The Bertz CT molecular complexity index is 749. The molecule has 0 saturated heterocycles. The Morgan fingerprint density at radius 3 is 3.24 bits per heavy atom. The van der Waals surface area contributed by atoms with Gasteiger partial charge in [-0.2, -0.15) is 5.10 Å². The van der Waals surface area contributed by atoms with Crippen molar-refractivity contribution >= 4 is 17.0 Å². The van der Waals surface area contributed by atoms with Crippen molar-refractivity contribution in [2.24, 2.45) is 0 Å². The average Bonchev–Trinajstić information content (AvgIpc) is 3.24. The Kier molecular flexibility index (Phi) is 3.12. The number of thiophene rings is 1. The molecule has 0 spiro atoms. The van der Waals surface area contributed by atoms with Crippen molar-refractivity contribution in [2.45, 2.75) is 13.0 Å². The Hall–Kier alpha value is -2.27. The van der Waals surface area contributed by atoms with Gasteiger partial charge in [0.1, 0.15) is 5.75 Å². The fourth-order valence-electron chi connectivity index (χ4n) is 2.57. The highest BCUT2D eigenvalue weighted by Crippen LogP contribution is 2.29. The van der Waals surface area contributed by atoms with Gasteiger partial charge in [-0.3, -0.25) is 5.10 Å². The number of anilines is 1. The van der Waals surface area contributed by atoms with E-state index in [2.05, 4.69) is 45.2 Å². The molecule has 2 aromatic heterocycles. The monoisotopic (exact) mass is 297 g/mol. The van der Waals surface area contributed by atoms with Crippen LogP contribution in [0, 0.1) is 0 Å². The minimum absolute atomic E-state index is 0.753. The summed E-state index contributed by atoms with van der Waals surface area (Å²) in [6, 6.07) is 10.4. The van der Waals surface area contributed by atoms with Crippen LogP contribution < -0.4 is 10.1 Å². The fourth-order valence-corrected chi connectivity index (χ4v) is 3.33. The molecule has 4 nitrogen and oxygen atoms in total. The van der Waals surface area contributed by atoms with Crippen LogP contribution in [0.25, 0.3) is 10.6 Å². The minimum atomic E-state index is 0.753. The highest BCUT2D eigenvalue weighted by atomic mass is 32.1. The van der Waals surface area contributed by atoms with Gasteiger partial charge in [-0.05, 0) is 35.2 Å². The van der Waals surface area contributed by atoms with Crippen LogP contribution in [-0.2, 0) is 13.0 Å². The maximum absolute atomic E-state index is 5.53. The first-order valence-corrected chi connectivity index (χ1v) is 7.84. The van der Waals surface area contributed by atoms with Crippen LogP contribution in [0.1, 0.15) is 11.1 Å². The molecule has 1 aliphatic heterocycles. The molecule has 5 heteroatoms. The molecule has 0 atom stereocenters. The Morgan fingerprint density at radius 1 is 1.33 bits per heavy atom. The lowest BCUT2D eigenvalue weighted by molar-refractivity contribution is 0.357. The highest BCUT2D eigenvalue weighted by molar-refractivity contribution is 7.13. The van der Waals surface area contributed by atoms with Crippen LogP contribution in [0.4, 0.5) is 5.69 Å². The number of hydrogen-bond donors (Lipinski definition) is 2. The van der Waals surface area contributed by atoms with Crippen LogP contribution >= 0.6 is 11.3 Å². The fraction of sp³-hybridized carbons (Fsp3) is 0.188. The number of benzene rings is 1. The molecule has 4 rings (SSSR count). The van der Waals surface area contributed by atoms with Gasteiger partial charge in [-0.15, -0.1) is 11.3 Å². The summed E-state index contributed by atoms with van der Waals surface area (Å²) in [6.07, 6.45) is 2.88. The lowest BCUT2D eigenvalue weighted by Gasteiger charge is -2.08. The van der Waals surface area contributed by atoms with Gasteiger partial charge >= 0.3 is 0 Å². The number of rotatable bonds is 4.